The van der Waals surface area contributed by atoms with Crippen LogP contribution in [0.15, 0.2) is 53.6 Å². The number of hydrogen-bond donors (Lipinski definition) is 1. The lowest BCUT2D eigenvalue weighted by Gasteiger charge is -2.28. The van der Waals surface area contributed by atoms with Crippen LogP contribution in [0.2, 0.25) is 0 Å². The molecule has 1 unspecified atom stereocenters. The van der Waals surface area contributed by atoms with E-state index in [0.717, 1.165) is 19.1 Å². The van der Waals surface area contributed by atoms with E-state index in [1.54, 1.807) is 30.3 Å². The summed E-state index contributed by atoms with van der Waals surface area (Å²) in [7, 11) is -3.90. The van der Waals surface area contributed by atoms with Gasteiger partial charge in [0.25, 0.3) is 17.9 Å². The van der Waals surface area contributed by atoms with E-state index in [1.165, 1.54) is 30.0 Å². The number of sulfone groups is 1. The summed E-state index contributed by atoms with van der Waals surface area (Å²) in [6.07, 6.45) is 1.19. The van der Waals surface area contributed by atoms with E-state index in [9.17, 15) is 26.8 Å². The van der Waals surface area contributed by atoms with Crippen LogP contribution in [0.5, 0.6) is 0 Å². The molecule has 204 valence electrons. The van der Waals surface area contributed by atoms with Crippen molar-refractivity contribution in [3.05, 3.63) is 64.7 Å². The molecule has 2 atom stereocenters. The zero-order valence-electron chi connectivity index (χ0n) is 21.0. The number of aryl methyl sites for hydroxylation is 1. The monoisotopic (exact) mass is 549 g/mol. The second-order valence-electron chi connectivity index (χ2n) is 9.50. The number of ether oxygens (including phenoxy) is 1. The molecule has 0 spiro atoms. The van der Waals surface area contributed by atoms with Crippen LogP contribution in [0.1, 0.15) is 44.6 Å². The fourth-order valence-corrected chi connectivity index (χ4v) is 4.99. The highest BCUT2D eigenvalue weighted by molar-refractivity contribution is 7.92. The first-order valence-corrected chi connectivity index (χ1v) is 14.0. The number of hydrogen-bond acceptors (Lipinski definition) is 7. The lowest BCUT2D eigenvalue weighted by molar-refractivity contribution is -0.201. The Balaban J connectivity index is 1.52. The minimum absolute atomic E-state index is 0.0841. The van der Waals surface area contributed by atoms with Crippen LogP contribution in [-0.2, 0) is 30.8 Å². The van der Waals surface area contributed by atoms with Crippen LogP contribution in [0.25, 0.3) is 22.0 Å². The van der Waals surface area contributed by atoms with Gasteiger partial charge in [0.05, 0.1) is 17.2 Å². The van der Waals surface area contributed by atoms with Crippen LogP contribution in [0.3, 0.4) is 0 Å². The number of rotatable bonds is 9. The molecule has 0 radical (unpaired) electrons. The van der Waals surface area contributed by atoms with Gasteiger partial charge in [-0.05, 0) is 49.4 Å². The van der Waals surface area contributed by atoms with Gasteiger partial charge in [0, 0.05) is 31.4 Å². The van der Waals surface area contributed by atoms with Gasteiger partial charge in [-0.15, -0.1) is 0 Å². The lowest BCUT2D eigenvalue weighted by atomic mass is 10.0. The topological polar surface area (TPSA) is 117 Å². The first kappa shape index (κ1) is 27.8. The second kappa shape index (κ2) is 11.3. The molecule has 1 fully saturated rings. The summed E-state index contributed by atoms with van der Waals surface area (Å²) >= 11 is 0. The molecular formula is C26H29F2N3O6S. The molecule has 1 amide bonds. The quantitative estimate of drug-likeness (QED) is 0.404. The van der Waals surface area contributed by atoms with Crippen LogP contribution in [0, 0.1) is 0 Å². The summed E-state index contributed by atoms with van der Waals surface area (Å²) in [5.74, 6) is -0.849. The Hall–Kier alpha value is -3.22. The van der Waals surface area contributed by atoms with Crippen molar-refractivity contribution in [3.8, 4) is 11.1 Å². The molecule has 38 heavy (non-hydrogen) atoms. The van der Waals surface area contributed by atoms with Crippen molar-refractivity contribution >= 4 is 26.6 Å². The molecule has 4 rings (SSSR count). The minimum Gasteiger partial charge on any atom is -0.350 e. The minimum atomic E-state index is -3.90. The summed E-state index contributed by atoms with van der Waals surface area (Å²) in [4.78, 5) is 35.6. The Kier molecular flexibility index (Phi) is 8.24. The molecule has 1 N–H and O–H groups in total. The fourth-order valence-electron chi connectivity index (χ4n) is 4.15. The number of amides is 1. The van der Waals surface area contributed by atoms with Crippen molar-refractivity contribution in [1.29, 1.82) is 0 Å². The number of nitrogens with zero attached hydrogens (tertiary/aromatic N) is 2. The lowest BCUT2D eigenvalue weighted by Crippen LogP contribution is -2.51. The first-order valence-electron chi connectivity index (χ1n) is 12.1. The molecule has 0 saturated carbocycles. The summed E-state index contributed by atoms with van der Waals surface area (Å²) in [5.41, 5.74) is 3.52. The SMILES string of the molecule is C[C@@](CCn1cnc2cc(-c3ccc(C(F)F)cc3)ccc2c1=O)(C(=O)NOC1CCCCO1)S(C)(=O)=O. The molecule has 0 bridgehead atoms. The van der Waals surface area contributed by atoms with Crippen molar-refractivity contribution in [2.45, 2.75) is 56.6 Å². The van der Waals surface area contributed by atoms with Crippen LogP contribution in [-0.4, -0.2) is 47.8 Å². The normalized spacial score (nSPS) is 17.9. The molecule has 9 nitrogen and oxygen atoms in total. The molecule has 1 aromatic heterocycles. The molecule has 2 aromatic carbocycles. The maximum atomic E-state index is 13.1. The summed E-state index contributed by atoms with van der Waals surface area (Å²) in [6.45, 7) is 1.69. The highest BCUT2D eigenvalue weighted by Gasteiger charge is 2.44. The highest BCUT2D eigenvalue weighted by Crippen LogP contribution is 2.26. The summed E-state index contributed by atoms with van der Waals surface area (Å²) in [6, 6.07) is 10.8. The predicted octanol–water partition coefficient (Wildman–Crippen LogP) is 3.77. The maximum Gasteiger partial charge on any atom is 0.264 e. The Morgan fingerprint density at radius 2 is 1.92 bits per heavy atom. The number of carbonyl (C=O) groups excluding carboxylic acids is 1. The average molecular weight is 550 g/mol. The van der Waals surface area contributed by atoms with E-state index in [2.05, 4.69) is 10.5 Å². The number of alkyl halides is 2. The van der Waals surface area contributed by atoms with Gasteiger partial charge in [0.15, 0.2) is 20.9 Å². The number of fused-ring (bicyclic) bond motifs is 1. The maximum absolute atomic E-state index is 13.1. The van der Waals surface area contributed by atoms with E-state index in [0.29, 0.717) is 35.1 Å². The molecular weight excluding hydrogens is 520 g/mol. The van der Waals surface area contributed by atoms with Crippen LogP contribution >= 0.6 is 0 Å². The van der Waals surface area contributed by atoms with Gasteiger partial charge in [-0.25, -0.2) is 32.5 Å². The Morgan fingerprint density at radius 3 is 2.55 bits per heavy atom. The molecule has 0 aliphatic carbocycles. The van der Waals surface area contributed by atoms with Gasteiger partial charge in [-0.2, -0.15) is 0 Å². The molecule has 1 aliphatic rings. The third-order valence-corrected chi connectivity index (χ3v) is 8.90. The smallest absolute Gasteiger partial charge is 0.264 e. The number of aromatic nitrogens is 2. The third-order valence-electron chi connectivity index (χ3n) is 6.87. The average Bonchev–Trinajstić information content (AvgIpc) is 2.91. The van der Waals surface area contributed by atoms with E-state index < -0.39 is 38.8 Å². The summed E-state index contributed by atoms with van der Waals surface area (Å²) in [5, 5.41) is 0.295. The largest absolute Gasteiger partial charge is 0.350 e. The van der Waals surface area contributed by atoms with E-state index in [1.807, 2.05) is 0 Å². The van der Waals surface area contributed by atoms with Crippen LogP contribution < -0.4 is 11.0 Å². The number of hydroxylamine groups is 1. The fraction of sp³-hybridized carbons (Fsp3) is 0.423. The van der Waals surface area contributed by atoms with E-state index >= 15 is 0 Å². The van der Waals surface area contributed by atoms with E-state index in [4.69, 9.17) is 9.57 Å². The van der Waals surface area contributed by atoms with E-state index in [-0.39, 0.29) is 18.5 Å². The molecule has 12 heteroatoms. The van der Waals surface area contributed by atoms with Gasteiger partial charge in [-0.3, -0.25) is 14.2 Å². The van der Waals surface area contributed by atoms with Gasteiger partial charge < -0.3 is 4.74 Å². The van der Waals surface area contributed by atoms with Gasteiger partial charge in [0.2, 0.25) is 0 Å². The number of halogens is 2. The summed E-state index contributed by atoms with van der Waals surface area (Å²) < 4.78 is 55.7. The van der Waals surface area contributed by atoms with Crippen LogP contribution in [0.4, 0.5) is 8.78 Å². The van der Waals surface area contributed by atoms with Crippen molar-refractivity contribution in [2.75, 3.05) is 12.9 Å². The first-order chi connectivity index (χ1) is 18.0. The molecule has 1 saturated heterocycles. The Morgan fingerprint density at radius 1 is 1.21 bits per heavy atom. The van der Waals surface area contributed by atoms with Crippen molar-refractivity contribution in [3.63, 3.8) is 0 Å². The van der Waals surface area contributed by atoms with Crippen molar-refractivity contribution < 1.29 is 31.6 Å². The molecule has 2 heterocycles. The number of carbonyl (C=O) groups is 1. The zero-order chi connectivity index (χ0) is 27.5. The highest BCUT2D eigenvalue weighted by atomic mass is 32.2. The second-order valence-corrected chi connectivity index (χ2v) is 11.9. The van der Waals surface area contributed by atoms with Gasteiger partial charge >= 0.3 is 0 Å². The predicted molar refractivity (Wildman–Crippen MR) is 137 cm³/mol. The number of benzene rings is 2. The molecule has 1 aliphatic heterocycles. The standard InChI is InChI=1S/C26H29F2N3O6S/c1-26(38(2,34)35,25(33)30-37-22-5-3-4-14-36-22)12-13-31-16-29-21-15-19(10-11-20(21)24(31)32)17-6-8-18(9-7-17)23(27)28/h6-11,15-16,22-23H,3-5,12-14H2,1-2H3,(H,30,33)/t22?,26-/m1/s1. The van der Waals surface area contributed by atoms with Crippen molar-refractivity contribution in [1.82, 2.24) is 15.0 Å². The van der Waals surface area contributed by atoms with Gasteiger partial charge in [-0.1, -0.05) is 30.3 Å². The molecule has 3 aromatic rings. The Labute approximate surface area is 218 Å². The third kappa shape index (κ3) is 5.92. The van der Waals surface area contributed by atoms with Gasteiger partial charge in [0.1, 0.15) is 0 Å². The van der Waals surface area contributed by atoms with Crippen molar-refractivity contribution in [2.24, 2.45) is 0 Å². The number of nitrogens with one attached hydrogen (secondary N) is 1. The zero-order valence-corrected chi connectivity index (χ0v) is 21.8. The Bertz CT molecular complexity index is 1470.